The molecule has 0 amide bonds. The van der Waals surface area contributed by atoms with Gasteiger partial charge in [0.2, 0.25) is 0 Å². The summed E-state index contributed by atoms with van der Waals surface area (Å²) in [6, 6.07) is 27.6. The van der Waals surface area contributed by atoms with Gasteiger partial charge in [-0.25, -0.2) is 0 Å². The molecule has 4 rings (SSSR count). The van der Waals surface area contributed by atoms with Gasteiger partial charge < -0.3 is 4.74 Å². The van der Waals surface area contributed by atoms with Crippen molar-refractivity contribution in [1.82, 2.24) is 19.6 Å². The number of hydrogen-bond acceptors (Lipinski definition) is 6. The Hall–Kier alpha value is -3.03. The van der Waals surface area contributed by atoms with Gasteiger partial charge in [0.05, 0.1) is 6.54 Å². The summed E-state index contributed by atoms with van der Waals surface area (Å²) < 4.78 is 5.82. The number of carbonyl (C=O) groups excluding carboxylic acids is 1. The third-order valence-corrected chi connectivity index (χ3v) is 10.4. The van der Waals surface area contributed by atoms with Crippen molar-refractivity contribution >= 4 is 5.97 Å². The van der Waals surface area contributed by atoms with Crippen molar-refractivity contribution < 1.29 is 9.53 Å². The lowest BCUT2D eigenvalue weighted by Crippen LogP contribution is -2.47. The monoisotopic (exact) mass is 725 g/mol. The van der Waals surface area contributed by atoms with E-state index in [0.29, 0.717) is 6.54 Å². The molecule has 1 fully saturated rings. The average molecular weight is 725 g/mol. The molecule has 292 valence electrons. The van der Waals surface area contributed by atoms with Crippen molar-refractivity contribution in [1.29, 1.82) is 0 Å². The molecule has 0 aliphatic carbocycles. The zero-order valence-corrected chi connectivity index (χ0v) is 35.5. The third kappa shape index (κ3) is 14.6. The molecule has 1 heterocycles. The van der Waals surface area contributed by atoms with Crippen molar-refractivity contribution in [3.05, 3.63) is 106 Å². The molecular weight excluding hydrogens is 653 g/mol. The lowest BCUT2D eigenvalue weighted by molar-refractivity contribution is -0.156. The maximum Gasteiger partial charge on any atom is 0.320 e. The predicted molar refractivity (Wildman–Crippen MR) is 224 cm³/mol. The first-order valence-corrected chi connectivity index (χ1v) is 20.0. The van der Waals surface area contributed by atoms with E-state index in [0.717, 1.165) is 72.0 Å². The smallest absolute Gasteiger partial charge is 0.320 e. The first-order valence-electron chi connectivity index (χ1n) is 20.0. The summed E-state index contributed by atoms with van der Waals surface area (Å²) in [5, 5.41) is 0. The van der Waals surface area contributed by atoms with Crippen LogP contribution >= 0.6 is 0 Å². The Balaban J connectivity index is 1.59. The summed E-state index contributed by atoms with van der Waals surface area (Å²) in [5.74, 6) is -0.151. The SMILES string of the molecule is CC(C)(C)OC(=O)CN1CCN(Cc2ccc(C(C)(C)C)cc2)CCN(Cc2ccc(C(C)(C)C)cc2)CCN(Cc2ccc(C(C)(C)C)cc2)CC1. The van der Waals surface area contributed by atoms with Crippen molar-refractivity contribution in [3.8, 4) is 0 Å². The highest BCUT2D eigenvalue weighted by Crippen LogP contribution is 2.25. The summed E-state index contributed by atoms with van der Waals surface area (Å²) in [4.78, 5) is 23.3. The molecule has 6 heteroatoms. The second kappa shape index (κ2) is 18.1. The molecule has 0 aromatic heterocycles. The van der Waals surface area contributed by atoms with Crippen LogP contribution in [0.15, 0.2) is 72.8 Å². The maximum absolute atomic E-state index is 13.2. The Morgan fingerprint density at radius 2 is 0.679 bits per heavy atom. The van der Waals surface area contributed by atoms with E-state index < -0.39 is 5.60 Å². The molecule has 1 saturated heterocycles. The molecule has 0 atom stereocenters. The highest BCUT2D eigenvalue weighted by atomic mass is 16.6. The number of benzene rings is 3. The average Bonchev–Trinajstić information content (AvgIpc) is 3.04. The van der Waals surface area contributed by atoms with Gasteiger partial charge in [0.25, 0.3) is 0 Å². The lowest BCUT2D eigenvalue weighted by Gasteiger charge is -2.34. The number of esters is 1. The van der Waals surface area contributed by atoms with Gasteiger partial charge in [-0.2, -0.15) is 0 Å². The molecule has 0 radical (unpaired) electrons. The summed E-state index contributed by atoms with van der Waals surface area (Å²) in [7, 11) is 0. The first-order chi connectivity index (χ1) is 24.6. The number of nitrogens with zero attached hydrogens (tertiary/aromatic N) is 4. The van der Waals surface area contributed by atoms with Crippen LogP contribution in [-0.4, -0.2) is 90.1 Å². The van der Waals surface area contributed by atoms with E-state index in [4.69, 9.17) is 4.74 Å². The summed E-state index contributed by atoms with van der Waals surface area (Å²) >= 11 is 0. The standard InChI is InChI=1S/C47H72N4O2/c1-44(2,3)40-19-13-37(14-20-40)33-48-25-27-49(34-38-15-21-41(22-16-38)45(4,5)6)29-31-51(36-43(52)53-47(10,11)12)32-30-50(28-26-48)35-39-17-23-42(24-18-39)46(7,8)9/h13-24H,25-36H2,1-12H3. The van der Waals surface area contributed by atoms with E-state index >= 15 is 0 Å². The Morgan fingerprint density at radius 1 is 0.434 bits per heavy atom. The Bertz CT molecular complexity index is 1480. The topological polar surface area (TPSA) is 39.3 Å². The number of rotatable bonds is 8. The minimum atomic E-state index is -0.503. The van der Waals surface area contributed by atoms with Crippen LogP contribution in [0, 0.1) is 0 Å². The van der Waals surface area contributed by atoms with Crippen LogP contribution in [0.25, 0.3) is 0 Å². The zero-order valence-electron chi connectivity index (χ0n) is 35.5. The second-order valence-electron chi connectivity index (χ2n) is 19.5. The molecule has 6 nitrogen and oxygen atoms in total. The number of hydrogen-bond donors (Lipinski definition) is 0. The maximum atomic E-state index is 13.2. The summed E-state index contributed by atoms with van der Waals surface area (Å²) in [6.07, 6.45) is 0. The second-order valence-corrected chi connectivity index (χ2v) is 19.5. The molecule has 0 N–H and O–H groups in total. The van der Waals surface area contributed by atoms with Crippen molar-refractivity contribution in [2.75, 3.05) is 58.9 Å². The highest BCUT2D eigenvalue weighted by Gasteiger charge is 2.23. The molecule has 0 unspecified atom stereocenters. The Kier molecular flexibility index (Phi) is 14.6. The molecule has 3 aromatic rings. The van der Waals surface area contributed by atoms with Gasteiger partial charge in [-0.3, -0.25) is 24.4 Å². The molecule has 1 aliphatic heterocycles. The minimum absolute atomic E-state index is 0.128. The van der Waals surface area contributed by atoms with E-state index in [-0.39, 0.29) is 22.2 Å². The molecule has 3 aromatic carbocycles. The van der Waals surface area contributed by atoms with Crippen LogP contribution in [-0.2, 0) is 45.4 Å². The van der Waals surface area contributed by atoms with Crippen LogP contribution in [0.3, 0.4) is 0 Å². The van der Waals surface area contributed by atoms with Gasteiger partial charge in [0.15, 0.2) is 0 Å². The fourth-order valence-electron chi connectivity index (χ4n) is 6.87. The molecule has 0 saturated carbocycles. The van der Waals surface area contributed by atoms with Crippen LogP contribution in [0.1, 0.15) is 116 Å². The van der Waals surface area contributed by atoms with Crippen LogP contribution < -0.4 is 0 Å². The van der Waals surface area contributed by atoms with E-state index in [1.165, 1.54) is 33.4 Å². The molecular formula is C47H72N4O2. The predicted octanol–water partition coefficient (Wildman–Crippen LogP) is 9.04. The van der Waals surface area contributed by atoms with E-state index in [1.807, 2.05) is 20.8 Å². The number of carbonyl (C=O) groups is 1. The van der Waals surface area contributed by atoms with Crippen LogP contribution in [0.2, 0.25) is 0 Å². The molecule has 1 aliphatic rings. The van der Waals surface area contributed by atoms with Gasteiger partial charge in [-0.05, 0) is 70.4 Å². The van der Waals surface area contributed by atoms with Gasteiger partial charge in [-0.1, -0.05) is 135 Å². The Labute approximate surface area is 323 Å². The molecule has 53 heavy (non-hydrogen) atoms. The fraction of sp³-hybridized carbons (Fsp3) is 0.596. The van der Waals surface area contributed by atoms with Gasteiger partial charge in [0, 0.05) is 72.0 Å². The summed E-state index contributed by atoms with van der Waals surface area (Å²) in [5.41, 5.74) is 8.01. The molecule has 0 bridgehead atoms. The van der Waals surface area contributed by atoms with Crippen molar-refractivity contribution in [3.63, 3.8) is 0 Å². The van der Waals surface area contributed by atoms with Crippen LogP contribution in [0.4, 0.5) is 0 Å². The first kappa shape index (κ1) is 42.7. The lowest BCUT2D eigenvalue weighted by atomic mass is 9.86. The largest absolute Gasteiger partial charge is 0.459 e. The zero-order chi connectivity index (χ0) is 39.0. The molecule has 0 spiro atoms. The van der Waals surface area contributed by atoms with E-state index in [1.54, 1.807) is 0 Å². The fourth-order valence-corrected chi connectivity index (χ4v) is 6.87. The van der Waals surface area contributed by atoms with E-state index in [2.05, 4.69) is 155 Å². The quantitative estimate of drug-likeness (QED) is 0.216. The highest BCUT2D eigenvalue weighted by molar-refractivity contribution is 5.72. The van der Waals surface area contributed by atoms with Crippen molar-refractivity contribution in [2.45, 2.75) is 125 Å². The van der Waals surface area contributed by atoms with E-state index in [9.17, 15) is 4.79 Å². The minimum Gasteiger partial charge on any atom is -0.459 e. The summed E-state index contributed by atoms with van der Waals surface area (Å²) in [6.45, 7) is 36.5. The normalized spacial score (nSPS) is 17.3. The van der Waals surface area contributed by atoms with Gasteiger partial charge in [0.1, 0.15) is 5.60 Å². The van der Waals surface area contributed by atoms with Gasteiger partial charge >= 0.3 is 5.97 Å². The number of ether oxygens (including phenoxy) is 1. The van der Waals surface area contributed by atoms with Gasteiger partial charge in [-0.15, -0.1) is 0 Å². The van der Waals surface area contributed by atoms with Crippen LogP contribution in [0.5, 0.6) is 0 Å². The third-order valence-electron chi connectivity index (χ3n) is 10.4. The van der Waals surface area contributed by atoms with Crippen molar-refractivity contribution in [2.24, 2.45) is 0 Å². The Morgan fingerprint density at radius 3 is 0.906 bits per heavy atom.